The van der Waals surface area contributed by atoms with Crippen molar-refractivity contribution >= 4 is 71.5 Å². The van der Waals surface area contributed by atoms with Crippen LogP contribution in [0.1, 0.15) is 12.0 Å². The summed E-state index contributed by atoms with van der Waals surface area (Å²) in [7, 11) is 0.275. The highest BCUT2D eigenvalue weighted by atomic mass is 79.9. The molecule has 15 heteroatoms. The predicted octanol–water partition coefficient (Wildman–Crippen LogP) is 4.43. The Hall–Kier alpha value is -3.79. The quantitative estimate of drug-likeness (QED) is 0.225. The number of rotatable bonds is 9. The number of piperazine rings is 1. The van der Waals surface area contributed by atoms with Gasteiger partial charge in [-0.3, -0.25) is 19.6 Å². The fraction of sp³-hybridized carbons (Fsp3) is 0.438. The number of anilines is 6. The van der Waals surface area contributed by atoms with Gasteiger partial charge in [-0.15, -0.1) is 0 Å². The molecule has 2 unspecified atom stereocenters. The Morgan fingerprint density at radius 3 is 2.45 bits per heavy atom. The Labute approximate surface area is 283 Å². The molecule has 2 bridgehead atoms. The molecule has 0 spiro atoms. The molecular weight excluding hydrogens is 684 g/mol. The highest BCUT2D eigenvalue weighted by Gasteiger charge is 2.49. The van der Waals surface area contributed by atoms with Crippen LogP contribution in [0.2, 0.25) is 0 Å². The van der Waals surface area contributed by atoms with Gasteiger partial charge >= 0.3 is 0 Å². The molecule has 2 atom stereocenters. The number of hydrogen-bond acceptors (Lipinski definition) is 12. The smallest absolute Gasteiger partial charge is 0.229 e. The van der Waals surface area contributed by atoms with Crippen molar-refractivity contribution in [3.63, 3.8) is 0 Å². The maximum Gasteiger partial charge on any atom is 0.229 e. The predicted molar refractivity (Wildman–Crippen MR) is 189 cm³/mol. The van der Waals surface area contributed by atoms with Crippen molar-refractivity contribution in [2.24, 2.45) is 11.8 Å². The molecule has 4 aliphatic rings. The first-order valence-corrected chi connectivity index (χ1v) is 18.4. The van der Waals surface area contributed by atoms with Gasteiger partial charge in [0.25, 0.3) is 0 Å². The Morgan fingerprint density at radius 1 is 0.979 bits per heavy atom. The number of fused-ring (bicyclic) bond motifs is 3. The molecule has 4 fully saturated rings. The summed E-state index contributed by atoms with van der Waals surface area (Å²) in [6.07, 6.45) is 7.11. The van der Waals surface area contributed by atoms with Crippen molar-refractivity contribution < 1.29 is 13.2 Å². The number of nitrogens with zero attached hydrogens (tertiary/aromatic N) is 7. The van der Waals surface area contributed by atoms with Crippen LogP contribution in [0.5, 0.6) is 5.75 Å². The number of piperidine rings is 2. The van der Waals surface area contributed by atoms with Gasteiger partial charge in [-0.2, -0.15) is 4.98 Å². The summed E-state index contributed by atoms with van der Waals surface area (Å²) in [6.45, 7) is 8.91. The largest absolute Gasteiger partial charge is 0.494 e. The van der Waals surface area contributed by atoms with Crippen LogP contribution in [0.4, 0.5) is 34.5 Å². The molecule has 1 saturated carbocycles. The minimum absolute atomic E-state index is 0.274. The molecular formula is C32H39BrN10O3S. The Balaban J connectivity index is 1.10. The second-order valence-corrected chi connectivity index (χ2v) is 15.4. The molecule has 8 rings (SSSR count). The van der Waals surface area contributed by atoms with Gasteiger partial charge in [0.05, 0.1) is 40.4 Å². The fourth-order valence-corrected chi connectivity index (χ4v) is 8.12. The van der Waals surface area contributed by atoms with Crippen molar-refractivity contribution in [1.82, 2.24) is 29.7 Å². The number of halogens is 1. The van der Waals surface area contributed by atoms with E-state index in [1.165, 1.54) is 31.4 Å². The molecule has 2 aromatic heterocycles. The summed E-state index contributed by atoms with van der Waals surface area (Å²) in [6, 6.07) is 8.40. The normalized spacial score (nSPS) is 21.7. The van der Waals surface area contributed by atoms with Crippen LogP contribution >= 0.6 is 15.9 Å². The van der Waals surface area contributed by atoms with Gasteiger partial charge in [0.15, 0.2) is 0 Å². The molecule has 13 nitrogen and oxygen atoms in total. The SMILES string of the molecule is COc1cc(N2CC3CC(C2)C3N2CCN(C)CC2)c(C)cc1Nc1ncc(Br)c(Nc2ccc3nccnc3c2NS(C)(=O)=O)n1. The Bertz CT molecular complexity index is 1910. The molecule has 3 N–H and O–H groups in total. The van der Waals surface area contributed by atoms with Crippen molar-refractivity contribution in [2.45, 2.75) is 19.4 Å². The average Bonchev–Trinajstić information content (AvgIpc) is 3.04. The third kappa shape index (κ3) is 6.53. The number of hydrogen-bond donors (Lipinski definition) is 3. The topological polar surface area (TPSA) is 141 Å². The molecule has 1 aliphatic carbocycles. The maximum atomic E-state index is 12.2. The lowest BCUT2D eigenvalue weighted by Gasteiger charge is -2.59. The van der Waals surface area contributed by atoms with Crippen LogP contribution in [0.15, 0.2) is 47.3 Å². The molecule has 5 heterocycles. The molecule has 0 radical (unpaired) electrons. The number of benzene rings is 2. The zero-order valence-electron chi connectivity index (χ0n) is 26.9. The van der Waals surface area contributed by atoms with Crippen LogP contribution in [-0.2, 0) is 10.0 Å². The summed E-state index contributed by atoms with van der Waals surface area (Å²) < 4.78 is 33.5. The first-order chi connectivity index (χ1) is 22.6. The number of aryl methyl sites for hydroxylation is 1. The lowest BCUT2D eigenvalue weighted by molar-refractivity contribution is -0.0346. The lowest BCUT2D eigenvalue weighted by atomic mass is 9.65. The van der Waals surface area contributed by atoms with Gasteiger partial charge in [0.2, 0.25) is 16.0 Å². The van der Waals surface area contributed by atoms with E-state index in [0.29, 0.717) is 56.6 Å². The van der Waals surface area contributed by atoms with Crippen LogP contribution in [0.25, 0.3) is 11.0 Å². The highest BCUT2D eigenvalue weighted by molar-refractivity contribution is 9.10. The van der Waals surface area contributed by atoms with Crippen molar-refractivity contribution in [1.29, 1.82) is 0 Å². The van der Waals surface area contributed by atoms with Crippen molar-refractivity contribution in [2.75, 3.05) is 79.9 Å². The van der Waals surface area contributed by atoms with E-state index in [2.05, 4.69) is 87.0 Å². The molecule has 47 heavy (non-hydrogen) atoms. The maximum absolute atomic E-state index is 12.2. The minimum atomic E-state index is -3.61. The third-order valence-corrected chi connectivity index (χ3v) is 10.6. The number of likely N-dealkylation sites (N-methyl/N-ethyl adjacent to an activating group) is 1. The summed E-state index contributed by atoms with van der Waals surface area (Å²) in [4.78, 5) is 25.5. The number of aromatic nitrogens is 4. The van der Waals surface area contributed by atoms with E-state index < -0.39 is 10.0 Å². The summed E-state index contributed by atoms with van der Waals surface area (Å²) >= 11 is 3.53. The standard InChI is InChI=1S/C32H39BrN10O3S/c1-19-13-25(27(46-3)15-26(19)43-17-20-14-21(18-43)30(20)42-11-9-41(2)10-12-42)38-32-36-16-22(33)31(39-32)37-24-6-5-23-28(35-8-7-34-23)29(24)40-47(4,44)45/h5-8,13,15-16,20-21,30,40H,9-12,14,17-18H2,1-4H3,(H2,36,37,38,39). The van der Waals surface area contributed by atoms with Crippen LogP contribution in [0, 0.1) is 18.8 Å². The van der Waals surface area contributed by atoms with E-state index in [0.717, 1.165) is 43.7 Å². The minimum Gasteiger partial charge on any atom is -0.494 e. The number of methoxy groups -OCH3 is 1. The van der Waals surface area contributed by atoms with Crippen LogP contribution < -0.4 is 25.0 Å². The average molecular weight is 724 g/mol. The van der Waals surface area contributed by atoms with Gasteiger partial charge in [0.1, 0.15) is 17.1 Å². The zero-order chi connectivity index (χ0) is 32.9. The highest BCUT2D eigenvalue weighted by Crippen LogP contribution is 2.46. The summed E-state index contributed by atoms with van der Waals surface area (Å²) in [5.74, 6) is 2.87. The third-order valence-electron chi connectivity index (χ3n) is 9.47. The fourth-order valence-electron chi connectivity index (χ4n) is 7.25. The van der Waals surface area contributed by atoms with Gasteiger partial charge in [-0.25, -0.2) is 13.4 Å². The Morgan fingerprint density at radius 2 is 1.72 bits per heavy atom. The van der Waals surface area contributed by atoms with Crippen LogP contribution in [-0.4, -0.2) is 104 Å². The van der Waals surface area contributed by atoms with Gasteiger partial charge in [0, 0.05) is 75.7 Å². The van der Waals surface area contributed by atoms with E-state index in [4.69, 9.17) is 9.72 Å². The molecule has 3 aliphatic heterocycles. The second-order valence-electron chi connectivity index (χ2n) is 12.8. The van der Waals surface area contributed by atoms with E-state index in [-0.39, 0.29) is 5.69 Å². The van der Waals surface area contributed by atoms with E-state index in [1.807, 2.05) is 0 Å². The van der Waals surface area contributed by atoms with E-state index in [1.54, 1.807) is 31.6 Å². The van der Waals surface area contributed by atoms with E-state index >= 15 is 0 Å². The van der Waals surface area contributed by atoms with E-state index in [9.17, 15) is 8.42 Å². The van der Waals surface area contributed by atoms with Gasteiger partial charge in [-0.1, -0.05) is 0 Å². The molecule has 248 valence electrons. The van der Waals surface area contributed by atoms with Gasteiger partial charge in [-0.05, 0) is 71.9 Å². The first kappa shape index (κ1) is 31.8. The van der Waals surface area contributed by atoms with Gasteiger partial charge < -0.3 is 25.2 Å². The number of nitrogens with one attached hydrogen (secondary N) is 3. The molecule has 2 aromatic carbocycles. The number of sulfonamides is 1. The molecule has 4 aromatic rings. The van der Waals surface area contributed by atoms with Crippen molar-refractivity contribution in [3.05, 3.63) is 52.9 Å². The summed E-state index contributed by atoms with van der Waals surface area (Å²) in [5, 5.41) is 6.57. The molecule has 3 saturated heterocycles. The monoisotopic (exact) mass is 722 g/mol. The molecule has 0 amide bonds. The first-order valence-electron chi connectivity index (χ1n) is 15.7. The second kappa shape index (κ2) is 12.7. The van der Waals surface area contributed by atoms with Crippen molar-refractivity contribution in [3.8, 4) is 5.75 Å². The summed E-state index contributed by atoms with van der Waals surface area (Å²) in [5.41, 5.74) is 4.79. The van der Waals surface area contributed by atoms with Crippen LogP contribution in [0.3, 0.4) is 0 Å². The lowest BCUT2D eigenvalue weighted by Crippen LogP contribution is -2.66. The zero-order valence-corrected chi connectivity index (χ0v) is 29.3. The number of ether oxygens (including phenoxy) is 1. The Kier molecular flexibility index (Phi) is 8.57.